The van der Waals surface area contributed by atoms with Gasteiger partial charge in [-0.25, -0.2) is 4.98 Å². The molecule has 0 bridgehead atoms. The van der Waals surface area contributed by atoms with Gasteiger partial charge in [0.15, 0.2) is 11.5 Å². The highest BCUT2D eigenvalue weighted by Crippen LogP contribution is 2.33. The molecular formula is C12H13N3O2. The van der Waals surface area contributed by atoms with Gasteiger partial charge in [-0.2, -0.15) is 0 Å². The highest BCUT2D eigenvalue weighted by atomic mass is 16.6. The molecule has 3 rings (SSSR count). The van der Waals surface area contributed by atoms with Crippen molar-refractivity contribution >= 4 is 0 Å². The molecule has 2 heterocycles. The van der Waals surface area contributed by atoms with Crippen LogP contribution in [0.4, 0.5) is 0 Å². The second-order valence-electron chi connectivity index (χ2n) is 3.81. The third kappa shape index (κ3) is 1.85. The number of H-pyrrole nitrogens is 1. The fourth-order valence-electron chi connectivity index (χ4n) is 1.82. The van der Waals surface area contributed by atoms with Gasteiger partial charge in [-0.3, -0.25) is 0 Å². The van der Waals surface area contributed by atoms with Crippen molar-refractivity contribution in [2.45, 2.75) is 6.54 Å². The third-order valence-corrected chi connectivity index (χ3v) is 2.67. The summed E-state index contributed by atoms with van der Waals surface area (Å²) < 4.78 is 11.0. The van der Waals surface area contributed by atoms with Crippen molar-refractivity contribution in [3.63, 3.8) is 0 Å². The number of nitrogens with two attached hydrogens (primary N) is 1. The zero-order valence-electron chi connectivity index (χ0n) is 9.27. The smallest absolute Gasteiger partial charge is 0.162 e. The van der Waals surface area contributed by atoms with Gasteiger partial charge in [0.25, 0.3) is 0 Å². The average molecular weight is 231 g/mol. The summed E-state index contributed by atoms with van der Waals surface area (Å²) in [6, 6.07) is 5.83. The zero-order chi connectivity index (χ0) is 11.7. The molecule has 1 aromatic heterocycles. The number of hydrogen-bond acceptors (Lipinski definition) is 4. The van der Waals surface area contributed by atoms with Crippen LogP contribution in [0.15, 0.2) is 24.4 Å². The summed E-state index contributed by atoms with van der Waals surface area (Å²) in [4.78, 5) is 7.32. The van der Waals surface area contributed by atoms with E-state index in [1.807, 2.05) is 18.2 Å². The van der Waals surface area contributed by atoms with E-state index in [1.165, 1.54) is 0 Å². The molecule has 0 saturated carbocycles. The second kappa shape index (κ2) is 4.10. The van der Waals surface area contributed by atoms with Gasteiger partial charge in [-0.15, -0.1) is 0 Å². The maximum Gasteiger partial charge on any atom is 0.162 e. The number of fused-ring (bicyclic) bond motifs is 1. The molecular weight excluding hydrogens is 218 g/mol. The van der Waals surface area contributed by atoms with Crippen LogP contribution in [-0.4, -0.2) is 23.2 Å². The van der Waals surface area contributed by atoms with Crippen molar-refractivity contribution < 1.29 is 9.47 Å². The van der Waals surface area contributed by atoms with Crippen molar-refractivity contribution in [1.82, 2.24) is 9.97 Å². The lowest BCUT2D eigenvalue weighted by atomic mass is 10.1. The molecule has 17 heavy (non-hydrogen) atoms. The number of nitrogens with one attached hydrogen (secondary N) is 1. The lowest BCUT2D eigenvalue weighted by molar-refractivity contribution is 0.171. The Hall–Kier alpha value is -2.01. The van der Waals surface area contributed by atoms with E-state index in [2.05, 4.69) is 9.97 Å². The number of hydrogen-bond donors (Lipinski definition) is 2. The van der Waals surface area contributed by atoms with Crippen LogP contribution in [0.25, 0.3) is 11.3 Å². The summed E-state index contributed by atoms with van der Waals surface area (Å²) >= 11 is 0. The SMILES string of the molecule is NCc1ncc(-c2ccc3c(c2)OCCO3)[nH]1. The summed E-state index contributed by atoms with van der Waals surface area (Å²) in [7, 11) is 0. The Bertz CT molecular complexity index is 536. The van der Waals surface area contributed by atoms with Crippen LogP contribution < -0.4 is 15.2 Å². The predicted octanol–water partition coefficient (Wildman–Crippen LogP) is 1.31. The number of nitrogens with zero attached hydrogens (tertiary/aromatic N) is 1. The number of aromatic nitrogens is 2. The fourth-order valence-corrected chi connectivity index (χ4v) is 1.82. The Morgan fingerprint density at radius 1 is 1.24 bits per heavy atom. The van der Waals surface area contributed by atoms with Crippen LogP contribution in [0.2, 0.25) is 0 Å². The van der Waals surface area contributed by atoms with Gasteiger partial charge >= 0.3 is 0 Å². The largest absolute Gasteiger partial charge is 0.486 e. The highest BCUT2D eigenvalue weighted by molar-refractivity contribution is 5.63. The molecule has 2 aromatic rings. The lowest BCUT2D eigenvalue weighted by Crippen LogP contribution is -2.15. The zero-order valence-corrected chi connectivity index (χ0v) is 9.27. The van der Waals surface area contributed by atoms with Crippen LogP contribution in [0.3, 0.4) is 0 Å². The molecule has 1 aromatic carbocycles. The molecule has 0 fully saturated rings. The van der Waals surface area contributed by atoms with E-state index in [0.717, 1.165) is 28.6 Å². The Labute approximate surface area is 98.6 Å². The van der Waals surface area contributed by atoms with E-state index in [1.54, 1.807) is 6.20 Å². The van der Waals surface area contributed by atoms with E-state index >= 15 is 0 Å². The van der Waals surface area contributed by atoms with Crippen LogP contribution >= 0.6 is 0 Å². The fraction of sp³-hybridized carbons (Fsp3) is 0.250. The summed E-state index contributed by atoms with van der Waals surface area (Å²) in [6.45, 7) is 1.60. The van der Waals surface area contributed by atoms with Crippen LogP contribution in [0.5, 0.6) is 11.5 Å². The number of benzene rings is 1. The van der Waals surface area contributed by atoms with Crippen molar-refractivity contribution in [2.24, 2.45) is 5.73 Å². The van der Waals surface area contributed by atoms with Crippen molar-refractivity contribution in [3.8, 4) is 22.8 Å². The van der Waals surface area contributed by atoms with E-state index in [9.17, 15) is 0 Å². The van der Waals surface area contributed by atoms with Crippen molar-refractivity contribution in [2.75, 3.05) is 13.2 Å². The lowest BCUT2D eigenvalue weighted by Gasteiger charge is -2.18. The van der Waals surface area contributed by atoms with Gasteiger partial charge < -0.3 is 20.2 Å². The maximum atomic E-state index is 5.53. The van der Waals surface area contributed by atoms with Crippen LogP contribution in [0.1, 0.15) is 5.82 Å². The van der Waals surface area contributed by atoms with Gasteiger partial charge in [-0.05, 0) is 18.2 Å². The second-order valence-corrected chi connectivity index (χ2v) is 3.81. The van der Waals surface area contributed by atoms with E-state index < -0.39 is 0 Å². The molecule has 1 aliphatic rings. The van der Waals surface area contributed by atoms with Gasteiger partial charge in [0.05, 0.1) is 18.4 Å². The standard InChI is InChI=1S/C12H13N3O2/c13-6-12-14-7-9(15-12)8-1-2-10-11(5-8)17-4-3-16-10/h1-2,5,7H,3-4,6,13H2,(H,14,15). The first kappa shape index (κ1) is 10.2. The molecule has 0 amide bonds. The van der Waals surface area contributed by atoms with Gasteiger partial charge in [0, 0.05) is 5.56 Å². The first-order valence-electron chi connectivity index (χ1n) is 5.51. The number of rotatable bonds is 2. The van der Waals surface area contributed by atoms with Crippen LogP contribution in [0, 0.1) is 0 Å². The molecule has 88 valence electrons. The molecule has 0 unspecified atom stereocenters. The number of ether oxygens (including phenoxy) is 2. The van der Waals surface area contributed by atoms with Crippen LogP contribution in [-0.2, 0) is 6.54 Å². The average Bonchev–Trinajstić information content (AvgIpc) is 2.87. The monoisotopic (exact) mass is 231 g/mol. The van der Waals surface area contributed by atoms with E-state index in [4.69, 9.17) is 15.2 Å². The third-order valence-electron chi connectivity index (χ3n) is 2.67. The summed E-state index contributed by atoms with van der Waals surface area (Å²) in [5, 5.41) is 0. The summed E-state index contributed by atoms with van der Waals surface area (Å²) in [6.07, 6.45) is 1.77. The topological polar surface area (TPSA) is 73.2 Å². The van der Waals surface area contributed by atoms with E-state index in [0.29, 0.717) is 19.8 Å². The minimum Gasteiger partial charge on any atom is -0.486 e. The molecule has 0 spiro atoms. The predicted molar refractivity (Wildman–Crippen MR) is 62.9 cm³/mol. The minimum atomic E-state index is 0.407. The van der Waals surface area contributed by atoms with Gasteiger partial charge in [0.2, 0.25) is 0 Å². The van der Waals surface area contributed by atoms with Gasteiger partial charge in [-0.1, -0.05) is 0 Å². The Kier molecular flexibility index (Phi) is 2.45. The minimum absolute atomic E-state index is 0.407. The highest BCUT2D eigenvalue weighted by Gasteiger charge is 2.13. The Morgan fingerprint density at radius 3 is 2.82 bits per heavy atom. The number of aromatic amines is 1. The Morgan fingerprint density at radius 2 is 2.06 bits per heavy atom. The summed E-state index contributed by atoms with van der Waals surface area (Å²) in [5.41, 5.74) is 7.46. The first-order chi connectivity index (χ1) is 8.36. The quantitative estimate of drug-likeness (QED) is 0.817. The molecule has 0 aliphatic carbocycles. The number of imidazole rings is 1. The first-order valence-corrected chi connectivity index (χ1v) is 5.51. The molecule has 5 nitrogen and oxygen atoms in total. The molecule has 3 N–H and O–H groups in total. The van der Waals surface area contributed by atoms with Crippen molar-refractivity contribution in [3.05, 3.63) is 30.2 Å². The normalized spacial score (nSPS) is 13.7. The van der Waals surface area contributed by atoms with Crippen molar-refractivity contribution in [1.29, 1.82) is 0 Å². The molecule has 0 atom stereocenters. The molecule has 0 radical (unpaired) electrons. The van der Waals surface area contributed by atoms with Gasteiger partial charge in [0.1, 0.15) is 19.0 Å². The van der Waals surface area contributed by atoms with E-state index in [-0.39, 0.29) is 0 Å². The Balaban J connectivity index is 1.97. The molecule has 1 aliphatic heterocycles. The summed E-state index contributed by atoms with van der Waals surface area (Å²) in [5.74, 6) is 2.34. The molecule has 0 saturated heterocycles. The molecule has 5 heteroatoms. The maximum absolute atomic E-state index is 5.53.